The van der Waals surface area contributed by atoms with Gasteiger partial charge in [-0.1, -0.05) is 54.1 Å². The first-order valence-electron chi connectivity index (χ1n) is 8.72. The third kappa shape index (κ3) is 5.88. The minimum Gasteiger partial charge on any atom is -0.349 e. The van der Waals surface area contributed by atoms with Gasteiger partial charge in [0.15, 0.2) is 0 Å². The van der Waals surface area contributed by atoms with Gasteiger partial charge in [0.1, 0.15) is 0 Å². The minimum absolute atomic E-state index is 0.00227. The summed E-state index contributed by atoms with van der Waals surface area (Å²) >= 11 is 5.95. The van der Waals surface area contributed by atoms with E-state index in [-0.39, 0.29) is 30.3 Å². The van der Waals surface area contributed by atoms with Crippen LogP contribution in [0, 0.1) is 0 Å². The molecule has 2 rings (SSSR count). The highest BCUT2D eigenvalue weighted by Gasteiger charge is 2.23. The maximum absolute atomic E-state index is 13.0. The van der Waals surface area contributed by atoms with Gasteiger partial charge in [-0.2, -0.15) is 0 Å². The molecule has 0 bridgehead atoms. The first kappa shape index (κ1) is 20.0. The van der Waals surface area contributed by atoms with Gasteiger partial charge in [-0.05, 0) is 37.1 Å². The largest absolute Gasteiger partial charge is 0.349 e. The number of benzene rings is 2. The van der Waals surface area contributed by atoms with E-state index in [9.17, 15) is 9.59 Å². The van der Waals surface area contributed by atoms with Crippen LogP contribution in [0.15, 0.2) is 54.6 Å². The summed E-state index contributed by atoms with van der Waals surface area (Å²) in [5.41, 5.74) is 1.94. The summed E-state index contributed by atoms with van der Waals surface area (Å²) in [5, 5.41) is 3.49. The van der Waals surface area contributed by atoms with Crippen molar-refractivity contribution in [3.63, 3.8) is 0 Å². The van der Waals surface area contributed by atoms with E-state index in [4.69, 9.17) is 11.6 Å². The summed E-state index contributed by atoms with van der Waals surface area (Å²) in [5.74, 6) is -0.172. The zero-order valence-electron chi connectivity index (χ0n) is 15.4. The number of hydrogen-bond acceptors (Lipinski definition) is 2. The fourth-order valence-corrected chi connectivity index (χ4v) is 2.95. The molecule has 0 heterocycles. The van der Waals surface area contributed by atoms with Crippen LogP contribution < -0.4 is 5.32 Å². The second kappa shape index (κ2) is 9.39. The second-order valence-corrected chi connectivity index (χ2v) is 7.05. The standard InChI is InChI=1S/C21H25ClN2O2/c1-15(2)24(14-17-7-5-4-6-8-17)21(26)13-20(23-16(3)25)18-9-11-19(22)12-10-18/h4-12,15,20H,13-14H2,1-3H3,(H,23,25). The van der Waals surface area contributed by atoms with Crippen LogP contribution in [0.25, 0.3) is 0 Å². The second-order valence-electron chi connectivity index (χ2n) is 6.61. The predicted molar refractivity (Wildman–Crippen MR) is 105 cm³/mol. The van der Waals surface area contributed by atoms with Crippen molar-refractivity contribution in [3.05, 3.63) is 70.7 Å². The molecule has 2 amide bonds. The Kier molecular flexibility index (Phi) is 7.22. The molecule has 2 aromatic carbocycles. The normalized spacial score (nSPS) is 11.9. The van der Waals surface area contributed by atoms with Crippen molar-refractivity contribution < 1.29 is 9.59 Å². The number of halogens is 1. The smallest absolute Gasteiger partial charge is 0.225 e. The summed E-state index contributed by atoms with van der Waals surface area (Å²) in [4.78, 5) is 26.4. The van der Waals surface area contributed by atoms with Crippen molar-refractivity contribution in [2.75, 3.05) is 0 Å². The molecule has 0 saturated carbocycles. The van der Waals surface area contributed by atoms with Crippen LogP contribution in [0.1, 0.15) is 44.4 Å². The molecular formula is C21H25ClN2O2. The van der Waals surface area contributed by atoms with Gasteiger partial charge in [0, 0.05) is 24.5 Å². The average molecular weight is 373 g/mol. The lowest BCUT2D eigenvalue weighted by Crippen LogP contribution is -2.39. The van der Waals surface area contributed by atoms with Crippen molar-refractivity contribution in [2.24, 2.45) is 0 Å². The SMILES string of the molecule is CC(=O)NC(CC(=O)N(Cc1ccccc1)C(C)C)c1ccc(Cl)cc1. The Labute approximate surface area is 160 Å². The molecule has 0 aromatic heterocycles. The predicted octanol–water partition coefficient (Wildman–Crippen LogP) is 4.34. The van der Waals surface area contributed by atoms with Crippen LogP contribution in [0.3, 0.4) is 0 Å². The van der Waals surface area contributed by atoms with Crippen LogP contribution in [-0.4, -0.2) is 22.8 Å². The van der Waals surface area contributed by atoms with Gasteiger partial charge in [-0.3, -0.25) is 9.59 Å². The molecule has 0 aliphatic rings. The molecule has 0 aliphatic heterocycles. The van der Waals surface area contributed by atoms with Crippen LogP contribution >= 0.6 is 11.6 Å². The Hall–Kier alpha value is -2.33. The summed E-state index contributed by atoms with van der Waals surface area (Å²) in [6.07, 6.45) is 0.201. The van der Waals surface area contributed by atoms with Crippen molar-refractivity contribution in [1.82, 2.24) is 10.2 Å². The number of carbonyl (C=O) groups is 2. The highest BCUT2D eigenvalue weighted by atomic mass is 35.5. The maximum atomic E-state index is 13.0. The van der Waals surface area contributed by atoms with Gasteiger partial charge in [0.05, 0.1) is 12.5 Å². The molecule has 1 atom stereocenters. The van der Waals surface area contributed by atoms with E-state index >= 15 is 0 Å². The van der Waals surface area contributed by atoms with Crippen LogP contribution in [0.5, 0.6) is 0 Å². The summed E-state index contributed by atoms with van der Waals surface area (Å²) < 4.78 is 0. The monoisotopic (exact) mass is 372 g/mol. The minimum atomic E-state index is -0.380. The Balaban J connectivity index is 2.17. The molecule has 1 N–H and O–H groups in total. The van der Waals surface area contributed by atoms with E-state index < -0.39 is 0 Å². The van der Waals surface area contributed by atoms with E-state index in [1.165, 1.54) is 6.92 Å². The van der Waals surface area contributed by atoms with Gasteiger partial charge in [0.25, 0.3) is 0 Å². The van der Waals surface area contributed by atoms with E-state index in [1.807, 2.05) is 61.2 Å². The third-order valence-electron chi connectivity index (χ3n) is 4.17. The molecule has 0 saturated heterocycles. The van der Waals surface area contributed by atoms with Gasteiger partial charge in [0.2, 0.25) is 11.8 Å². The first-order valence-corrected chi connectivity index (χ1v) is 9.10. The molecule has 0 radical (unpaired) electrons. The molecule has 0 fully saturated rings. The van der Waals surface area contributed by atoms with E-state index in [2.05, 4.69) is 5.32 Å². The molecule has 5 heteroatoms. The van der Waals surface area contributed by atoms with Crippen LogP contribution in [0.4, 0.5) is 0 Å². The highest BCUT2D eigenvalue weighted by molar-refractivity contribution is 6.30. The maximum Gasteiger partial charge on any atom is 0.225 e. The van der Waals surface area contributed by atoms with Gasteiger partial charge < -0.3 is 10.2 Å². The molecule has 138 valence electrons. The summed E-state index contributed by atoms with van der Waals surface area (Å²) in [6, 6.07) is 16.8. The number of carbonyl (C=O) groups excluding carboxylic acids is 2. The zero-order chi connectivity index (χ0) is 19.1. The van der Waals surface area contributed by atoms with Crippen molar-refractivity contribution in [1.29, 1.82) is 0 Å². The zero-order valence-corrected chi connectivity index (χ0v) is 16.2. The van der Waals surface area contributed by atoms with Gasteiger partial charge >= 0.3 is 0 Å². The lowest BCUT2D eigenvalue weighted by atomic mass is 10.0. The van der Waals surface area contributed by atoms with E-state index in [0.29, 0.717) is 11.6 Å². The molecule has 26 heavy (non-hydrogen) atoms. The Morgan fingerprint density at radius 3 is 2.19 bits per heavy atom. The van der Waals surface area contributed by atoms with E-state index in [1.54, 1.807) is 12.1 Å². The number of nitrogens with zero attached hydrogens (tertiary/aromatic N) is 1. The summed E-state index contributed by atoms with van der Waals surface area (Å²) in [7, 11) is 0. The fraction of sp³-hybridized carbons (Fsp3) is 0.333. The Bertz CT molecular complexity index is 729. The lowest BCUT2D eigenvalue weighted by molar-refractivity contribution is -0.134. The Morgan fingerprint density at radius 1 is 1.04 bits per heavy atom. The average Bonchev–Trinajstić information content (AvgIpc) is 2.60. The Morgan fingerprint density at radius 2 is 1.65 bits per heavy atom. The molecule has 0 spiro atoms. The number of amides is 2. The lowest BCUT2D eigenvalue weighted by Gasteiger charge is -2.29. The molecule has 1 unspecified atom stereocenters. The van der Waals surface area contributed by atoms with Crippen LogP contribution in [-0.2, 0) is 16.1 Å². The molecule has 0 aliphatic carbocycles. The van der Waals surface area contributed by atoms with Crippen LogP contribution in [0.2, 0.25) is 5.02 Å². The first-order chi connectivity index (χ1) is 12.4. The molecule has 4 nitrogen and oxygen atoms in total. The summed E-state index contributed by atoms with van der Waals surface area (Å²) in [6.45, 7) is 6.00. The van der Waals surface area contributed by atoms with Gasteiger partial charge in [-0.25, -0.2) is 0 Å². The van der Waals surface area contributed by atoms with Crippen molar-refractivity contribution in [3.8, 4) is 0 Å². The third-order valence-corrected chi connectivity index (χ3v) is 4.42. The number of nitrogens with one attached hydrogen (secondary N) is 1. The van der Waals surface area contributed by atoms with Gasteiger partial charge in [-0.15, -0.1) is 0 Å². The quantitative estimate of drug-likeness (QED) is 0.785. The topological polar surface area (TPSA) is 49.4 Å². The van der Waals surface area contributed by atoms with Crippen molar-refractivity contribution in [2.45, 2.75) is 45.8 Å². The highest BCUT2D eigenvalue weighted by Crippen LogP contribution is 2.22. The van der Waals surface area contributed by atoms with Crippen molar-refractivity contribution >= 4 is 23.4 Å². The van der Waals surface area contributed by atoms with E-state index in [0.717, 1.165) is 11.1 Å². The molecular weight excluding hydrogens is 348 g/mol. The number of hydrogen-bond donors (Lipinski definition) is 1. The number of rotatable bonds is 7. The molecule has 2 aromatic rings. The fourth-order valence-electron chi connectivity index (χ4n) is 2.82.